The van der Waals surface area contributed by atoms with Gasteiger partial charge in [0.25, 0.3) is 0 Å². The number of benzene rings is 2. The summed E-state index contributed by atoms with van der Waals surface area (Å²) >= 11 is 2.87. The van der Waals surface area contributed by atoms with E-state index in [9.17, 15) is 9.59 Å². The Kier molecular flexibility index (Phi) is 10.3. The van der Waals surface area contributed by atoms with Crippen LogP contribution in [0.15, 0.2) is 60.7 Å². The topological polar surface area (TPSA) is 110 Å². The highest BCUT2D eigenvalue weighted by Crippen LogP contribution is 2.20. The summed E-state index contributed by atoms with van der Waals surface area (Å²) in [6, 6.07) is 19.9. The number of anilines is 2. The van der Waals surface area contributed by atoms with Gasteiger partial charge in [-0.1, -0.05) is 89.8 Å². The molecule has 8 nitrogen and oxygen atoms in total. The van der Waals surface area contributed by atoms with Crippen LogP contribution >= 0.6 is 22.7 Å². The van der Waals surface area contributed by atoms with Crippen LogP contribution in [0.5, 0.6) is 0 Å². The molecular formula is C27H30N6O2S2. The molecule has 0 radical (unpaired) electrons. The molecule has 2 aromatic heterocycles. The van der Waals surface area contributed by atoms with E-state index in [0.29, 0.717) is 35.9 Å². The fourth-order valence-corrected chi connectivity index (χ4v) is 5.30. The van der Waals surface area contributed by atoms with E-state index < -0.39 is 0 Å². The Morgan fingerprint density at radius 1 is 0.568 bits per heavy atom. The Hall–Kier alpha value is -3.50. The van der Waals surface area contributed by atoms with Gasteiger partial charge in [-0.3, -0.25) is 9.59 Å². The Morgan fingerprint density at radius 3 is 1.43 bits per heavy atom. The third kappa shape index (κ3) is 9.47. The summed E-state index contributed by atoms with van der Waals surface area (Å²) in [7, 11) is 0. The predicted molar refractivity (Wildman–Crippen MR) is 148 cm³/mol. The first-order valence-corrected chi connectivity index (χ1v) is 14.1. The quantitative estimate of drug-likeness (QED) is 0.207. The van der Waals surface area contributed by atoms with E-state index in [1.165, 1.54) is 22.7 Å². The molecule has 0 unspecified atom stereocenters. The molecule has 2 heterocycles. The van der Waals surface area contributed by atoms with Crippen molar-refractivity contribution in [3.05, 3.63) is 81.8 Å². The summed E-state index contributed by atoms with van der Waals surface area (Å²) in [5.74, 6) is -0.0919. The number of rotatable bonds is 14. The molecular weight excluding hydrogens is 504 g/mol. The van der Waals surface area contributed by atoms with Crippen LogP contribution in [0.3, 0.4) is 0 Å². The van der Waals surface area contributed by atoms with E-state index in [4.69, 9.17) is 0 Å². The molecule has 0 atom stereocenters. The maximum absolute atomic E-state index is 12.2. The number of nitrogens with zero attached hydrogens (tertiary/aromatic N) is 4. The maximum atomic E-state index is 12.2. The van der Waals surface area contributed by atoms with Crippen molar-refractivity contribution in [1.82, 2.24) is 20.4 Å². The lowest BCUT2D eigenvalue weighted by Gasteiger charge is -2.01. The number of unbranched alkanes of at least 4 members (excludes halogenated alkanes) is 2. The fourth-order valence-electron chi connectivity index (χ4n) is 3.71. The van der Waals surface area contributed by atoms with Crippen molar-refractivity contribution in [2.45, 2.75) is 57.8 Å². The van der Waals surface area contributed by atoms with E-state index in [0.717, 1.165) is 53.2 Å². The number of hydrogen-bond acceptors (Lipinski definition) is 8. The van der Waals surface area contributed by atoms with Gasteiger partial charge in [-0.05, 0) is 36.8 Å². The van der Waals surface area contributed by atoms with Crippen molar-refractivity contribution in [3.8, 4) is 0 Å². The summed E-state index contributed by atoms with van der Waals surface area (Å²) in [6.45, 7) is 0. The number of amides is 2. The summed E-state index contributed by atoms with van der Waals surface area (Å²) in [4.78, 5) is 24.4. The minimum Gasteiger partial charge on any atom is -0.301 e. The summed E-state index contributed by atoms with van der Waals surface area (Å²) in [6.07, 6.45) is 6.90. The second-order valence-corrected chi connectivity index (χ2v) is 10.8. The molecule has 4 aromatic rings. The van der Waals surface area contributed by atoms with E-state index in [1.807, 2.05) is 60.7 Å². The molecule has 37 heavy (non-hydrogen) atoms. The molecule has 2 aromatic carbocycles. The molecule has 0 bridgehead atoms. The van der Waals surface area contributed by atoms with E-state index in [-0.39, 0.29) is 11.8 Å². The van der Waals surface area contributed by atoms with Gasteiger partial charge in [0.05, 0.1) is 0 Å². The molecule has 0 saturated heterocycles. The molecule has 0 spiro atoms. The summed E-state index contributed by atoms with van der Waals surface area (Å²) in [5.41, 5.74) is 2.29. The molecule has 2 N–H and O–H groups in total. The zero-order valence-corrected chi connectivity index (χ0v) is 22.2. The van der Waals surface area contributed by atoms with Gasteiger partial charge < -0.3 is 10.6 Å². The molecule has 0 aliphatic carbocycles. The number of hydrogen-bond donors (Lipinski definition) is 2. The van der Waals surface area contributed by atoms with Crippen LogP contribution in [0, 0.1) is 0 Å². The molecule has 2 amide bonds. The second kappa shape index (κ2) is 14.3. The normalized spacial score (nSPS) is 10.8. The molecule has 10 heteroatoms. The predicted octanol–water partition coefficient (Wildman–Crippen LogP) is 5.49. The molecule has 0 aliphatic heterocycles. The minimum atomic E-state index is -0.0460. The number of carbonyl (C=O) groups is 2. The Labute approximate surface area is 224 Å². The van der Waals surface area contributed by atoms with Crippen molar-refractivity contribution in [2.75, 3.05) is 10.6 Å². The highest BCUT2D eigenvalue weighted by molar-refractivity contribution is 7.15. The van der Waals surface area contributed by atoms with Crippen molar-refractivity contribution in [3.63, 3.8) is 0 Å². The van der Waals surface area contributed by atoms with Crippen LogP contribution in [0.25, 0.3) is 0 Å². The lowest BCUT2D eigenvalue weighted by molar-refractivity contribution is -0.117. The molecule has 0 saturated carbocycles. The highest BCUT2D eigenvalue weighted by atomic mass is 32.1. The largest absolute Gasteiger partial charge is 0.301 e. The highest BCUT2D eigenvalue weighted by Gasteiger charge is 2.10. The zero-order valence-electron chi connectivity index (χ0n) is 20.6. The lowest BCUT2D eigenvalue weighted by atomic mass is 10.1. The van der Waals surface area contributed by atoms with Crippen LogP contribution in [0.4, 0.5) is 10.3 Å². The van der Waals surface area contributed by atoms with E-state index >= 15 is 0 Å². The van der Waals surface area contributed by atoms with Gasteiger partial charge in [0.2, 0.25) is 22.1 Å². The van der Waals surface area contributed by atoms with Gasteiger partial charge >= 0.3 is 0 Å². The van der Waals surface area contributed by atoms with E-state index in [2.05, 4.69) is 31.0 Å². The van der Waals surface area contributed by atoms with Crippen molar-refractivity contribution in [1.29, 1.82) is 0 Å². The molecule has 192 valence electrons. The van der Waals surface area contributed by atoms with Crippen LogP contribution < -0.4 is 10.6 Å². The number of aromatic nitrogens is 4. The van der Waals surface area contributed by atoms with Crippen LogP contribution in [-0.4, -0.2) is 32.2 Å². The van der Waals surface area contributed by atoms with Gasteiger partial charge in [-0.25, -0.2) is 0 Å². The standard InChI is InChI=1S/C27H30N6O2S2/c34-22(18-16-20-10-4-1-5-11-20)28-26-32-30-24(36-26)14-8-3-9-15-25-31-33-27(37-25)29-23(35)19-17-21-12-6-2-7-13-21/h1-2,4-7,10-13H,3,8-9,14-19H2,(H,28,32,34)(H,29,33,35). The number of aryl methyl sites for hydroxylation is 4. The number of carbonyl (C=O) groups excluding carboxylic acids is 2. The van der Waals surface area contributed by atoms with Crippen molar-refractivity contribution in [2.24, 2.45) is 0 Å². The summed E-state index contributed by atoms with van der Waals surface area (Å²) < 4.78 is 0. The molecule has 0 fully saturated rings. The van der Waals surface area contributed by atoms with Gasteiger partial charge in [0.1, 0.15) is 10.0 Å². The van der Waals surface area contributed by atoms with Gasteiger partial charge in [-0.15, -0.1) is 20.4 Å². The molecule has 0 aliphatic rings. The first kappa shape index (κ1) is 26.6. The third-order valence-electron chi connectivity index (χ3n) is 5.67. The average Bonchev–Trinajstić information content (AvgIpc) is 3.56. The lowest BCUT2D eigenvalue weighted by Crippen LogP contribution is -2.12. The fraction of sp³-hybridized carbons (Fsp3) is 0.333. The van der Waals surface area contributed by atoms with E-state index in [1.54, 1.807) is 0 Å². The SMILES string of the molecule is O=C(CCc1ccccc1)Nc1nnc(CCCCCc2nnc(NC(=O)CCc3ccccc3)s2)s1. The molecule has 4 rings (SSSR count). The Morgan fingerprint density at radius 2 is 1.00 bits per heavy atom. The maximum Gasteiger partial charge on any atom is 0.226 e. The van der Waals surface area contributed by atoms with Gasteiger partial charge in [0.15, 0.2) is 0 Å². The van der Waals surface area contributed by atoms with Crippen molar-refractivity contribution >= 4 is 44.8 Å². The van der Waals surface area contributed by atoms with Crippen LogP contribution in [0.2, 0.25) is 0 Å². The van der Waals surface area contributed by atoms with Crippen LogP contribution in [0.1, 0.15) is 53.2 Å². The second-order valence-electron chi connectivity index (χ2n) is 8.63. The minimum absolute atomic E-state index is 0.0460. The van der Waals surface area contributed by atoms with Gasteiger partial charge in [-0.2, -0.15) is 0 Å². The Balaban J connectivity index is 1.08. The monoisotopic (exact) mass is 534 g/mol. The van der Waals surface area contributed by atoms with Gasteiger partial charge in [0, 0.05) is 25.7 Å². The number of nitrogens with one attached hydrogen (secondary N) is 2. The first-order chi connectivity index (χ1) is 18.1. The zero-order chi connectivity index (χ0) is 25.7. The average molecular weight is 535 g/mol. The smallest absolute Gasteiger partial charge is 0.226 e. The first-order valence-electron chi connectivity index (χ1n) is 12.5. The Bertz CT molecular complexity index is 1160. The third-order valence-corrected chi connectivity index (χ3v) is 7.47. The van der Waals surface area contributed by atoms with Crippen LogP contribution in [-0.2, 0) is 35.3 Å². The summed E-state index contributed by atoms with van der Waals surface area (Å²) in [5, 5.41) is 25.3. The van der Waals surface area contributed by atoms with Crippen molar-refractivity contribution < 1.29 is 9.59 Å².